The summed E-state index contributed by atoms with van der Waals surface area (Å²) in [7, 11) is 0. The number of fused-ring (bicyclic) bond motifs is 7. The number of nitrogens with one attached hydrogen (secondary N) is 2. The number of amides is 2. The van der Waals surface area contributed by atoms with Gasteiger partial charge in [-0.15, -0.1) is 0 Å². The fourth-order valence-corrected chi connectivity index (χ4v) is 4.28. The van der Waals surface area contributed by atoms with Crippen LogP contribution in [-0.4, -0.2) is 51.3 Å². The molecule has 0 saturated heterocycles. The highest BCUT2D eigenvalue weighted by atomic mass is 16.5. The molecule has 2 amide bonds. The molecule has 7 heteroatoms. The lowest BCUT2D eigenvalue weighted by molar-refractivity contribution is -0.123. The Morgan fingerprint density at radius 2 is 1.03 bits per heavy atom. The van der Waals surface area contributed by atoms with Crippen LogP contribution in [0.15, 0.2) is 72.8 Å². The summed E-state index contributed by atoms with van der Waals surface area (Å²) >= 11 is 0. The van der Waals surface area contributed by atoms with E-state index in [1.165, 1.54) is 0 Å². The molecule has 0 spiro atoms. The summed E-state index contributed by atoms with van der Waals surface area (Å²) in [5.41, 5.74) is 1.63. The van der Waals surface area contributed by atoms with Gasteiger partial charge in [-0.05, 0) is 33.7 Å². The molecule has 0 radical (unpaired) electrons. The zero-order valence-electron chi connectivity index (χ0n) is 19.2. The van der Waals surface area contributed by atoms with Crippen LogP contribution in [0.4, 0.5) is 0 Å². The fourth-order valence-electron chi connectivity index (χ4n) is 4.28. The minimum atomic E-state index is -0.236. The predicted octanol–water partition coefficient (Wildman–Crippen LogP) is 3.68. The molecule has 35 heavy (non-hydrogen) atoms. The first-order valence-corrected chi connectivity index (χ1v) is 11.6. The molecule has 1 aliphatic rings. The first kappa shape index (κ1) is 22.7. The minimum absolute atomic E-state index is 0.133. The molecule has 1 heterocycles. The van der Waals surface area contributed by atoms with Crippen LogP contribution in [0.1, 0.15) is 0 Å². The Kier molecular flexibility index (Phi) is 6.77. The summed E-state index contributed by atoms with van der Waals surface area (Å²) in [6, 6.07) is 23.7. The number of carbonyl (C=O) groups is 2. The molecule has 5 rings (SSSR count). The van der Waals surface area contributed by atoms with Gasteiger partial charge in [0, 0.05) is 24.2 Å². The second kappa shape index (κ2) is 10.4. The topological polar surface area (TPSA) is 85.9 Å². The SMILES string of the molecule is O=C1COc2ccc3ccccc3c2-c2c(ccc3ccccc23)OCC(=O)NCCOCCN1. The molecule has 0 atom stereocenters. The summed E-state index contributed by atoms with van der Waals surface area (Å²) in [4.78, 5) is 24.9. The van der Waals surface area contributed by atoms with Crippen LogP contribution in [0, 0.1) is 0 Å². The molecule has 2 N–H and O–H groups in total. The third-order valence-electron chi connectivity index (χ3n) is 5.89. The van der Waals surface area contributed by atoms with E-state index in [0.717, 1.165) is 32.7 Å². The van der Waals surface area contributed by atoms with Crippen molar-refractivity contribution in [1.82, 2.24) is 10.6 Å². The molecule has 4 aromatic carbocycles. The van der Waals surface area contributed by atoms with Gasteiger partial charge in [-0.1, -0.05) is 60.7 Å². The van der Waals surface area contributed by atoms with Crippen molar-refractivity contribution >= 4 is 33.4 Å². The van der Waals surface area contributed by atoms with E-state index in [9.17, 15) is 9.59 Å². The van der Waals surface area contributed by atoms with E-state index in [1.807, 2.05) is 72.8 Å². The second-order valence-corrected chi connectivity index (χ2v) is 8.21. The Hall–Kier alpha value is -4.10. The summed E-state index contributed by atoms with van der Waals surface area (Å²) in [5, 5.41) is 9.58. The van der Waals surface area contributed by atoms with Crippen LogP contribution in [0.5, 0.6) is 11.5 Å². The predicted molar refractivity (Wildman–Crippen MR) is 135 cm³/mol. The van der Waals surface area contributed by atoms with Gasteiger partial charge >= 0.3 is 0 Å². The van der Waals surface area contributed by atoms with Crippen LogP contribution >= 0.6 is 0 Å². The molecule has 0 aliphatic carbocycles. The zero-order chi connectivity index (χ0) is 24.0. The number of hydrogen-bond donors (Lipinski definition) is 2. The fraction of sp³-hybridized carbons (Fsp3) is 0.214. The molecule has 7 nitrogen and oxygen atoms in total. The highest BCUT2D eigenvalue weighted by Crippen LogP contribution is 2.45. The first-order valence-electron chi connectivity index (χ1n) is 11.6. The Morgan fingerprint density at radius 1 is 0.571 bits per heavy atom. The molecule has 0 fully saturated rings. The van der Waals surface area contributed by atoms with E-state index in [4.69, 9.17) is 14.2 Å². The molecule has 0 aromatic heterocycles. The van der Waals surface area contributed by atoms with Crippen LogP contribution in [0.25, 0.3) is 32.7 Å². The smallest absolute Gasteiger partial charge is 0.258 e. The lowest BCUT2D eigenvalue weighted by Crippen LogP contribution is -2.33. The summed E-state index contributed by atoms with van der Waals surface area (Å²) in [5.74, 6) is 0.648. The van der Waals surface area contributed by atoms with E-state index in [0.29, 0.717) is 37.8 Å². The van der Waals surface area contributed by atoms with Gasteiger partial charge in [0.15, 0.2) is 13.2 Å². The summed E-state index contributed by atoms with van der Waals surface area (Å²) in [6.07, 6.45) is 0. The Morgan fingerprint density at radius 3 is 1.51 bits per heavy atom. The van der Waals surface area contributed by atoms with E-state index in [2.05, 4.69) is 10.6 Å². The maximum Gasteiger partial charge on any atom is 0.258 e. The molecule has 1 aliphatic heterocycles. The van der Waals surface area contributed by atoms with Crippen molar-refractivity contribution in [3.63, 3.8) is 0 Å². The number of carbonyl (C=O) groups excluding carboxylic acids is 2. The lowest BCUT2D eigenvalue weighted by Gasteiger charge is -2.19. The highest BCUT2D eigenvalue weighted by Gasteiger charge is 2.20. The van der Waals surface area contributed by atoms with Gasteiger partial charge in [0.1, 0.15) is 11.5 Å². The van der Waals surface area contributed by atoms with Gasteiger partial charge in [-0.2, -0.15) is 0 Å². The van der Waals surface area contributed by atoms with Gasteiger partial charge < -0.3 is 24.8 Å². The molecule has 0 unspecified atom stereocenters. The van der Waals surface area contributed by atoms with Gasteiger partial charge in [0.25, 0.3) is 11.8 Å². The van der Waals surface area contributed by atoms with Crippen molar-refractivity contribution in [2.45, 2.75) is 0 Å². The Balaban J connectivity index is 1.69. The third-order valence-corrected chi connectivity index (χ3v) is 5.89. The van der Waals surface area contributed by atoms with Crippen molar-refractivity contribution in [1.29, 1.82) is 0 Å². The third kappa shape index (κ3) is 5.05. The van der Waals surface area contributed by atoms with E-state index in [1.54, 1.807) is 0 Å². The molecule has 0 saturated carbocycles. The maximum absolute atomic E-state index is 12.4. The van der Waals surface area contributed by atoms with Crippen LogP contribution in [-0.2, 0) is 14.3 Å². The summed E-state index contributed by atoms with van der Waals surface area (Å²) in [6.45, 7) is 1.14. The van der Waals surface area contributed by atoms with E-state index >= 15 is 0 Å². The van der Waals surface area contributed by atoms with Crippen molar-refractivity contribution in [2.75, 3.05) is 39.5 Å². The normalized spacial score (nSPS) is 15.7. The monoisotopic (exact) mass is 470 g/mol. The first-order chi connectivity index (χ1) is 17.2. The average Bonchev–Trinajstić information content (AvgIpc) is 2.89. The van der Waals surface area contributed by atoms with Crippen molar-refractivity contribution in [2.24, 2.45) is 0 Å². The number of ether oxygens (including phenoxy) is 3. The van der Waals surface area contributed by atoms with E-state index in [-0.39, 0.29) is 25.0 Å². The lowest BCUT2D eigenvalue weighted by atomic mass is 9.92. The molecule has 0 bridgehead atoms. The molecular formula is C28H26N2O5. The maximum atomic E-state index is 12.4. The Bertz CT molecular complexity index is 1280. The van der Waals surface area contributed by atoms with Gasteiger partial charge in [-0.3, -0.25) is 9.59 Å². The minimum Gasteiger partial charge on any atom is -0.483 e. The molecular weight excluding hydrogens is 444 g/mol. The molecule has 4 aromatic rings. The number of hydrogen-bond acceptors (Lipinski definition) is 5. The molecule has 178 valence electrons. The zero-order valence-corrected chi connectivity index (χ0v) is 19.2. The van der Waals surface area contributed by atoms with Gasteiger partial charge in [0.2, 0.25) is 0 Å². The van der Waals surface area contributed by atoms with Crippen molar-refractivity contribution < 1.29 is 23.8 Å². The number of rotatable bonds is 0. The average molecular weight is 471 g/mol. The standard InChI is InChI=1S/C28H26N2O5/c31-25-17-34-23-11-9-19-5-1-3-7-21(19)27(23)28-22-8-4-2-6-20(22)10-12-24(28)35-18-26(32)30-14-16-33-15-13-29-25/h1-12H,13-18H2,(H,29,31)(H,30,32). The van der Waals surface area contributed by atoms with Crippen LogP contribution in [0.2, 0.25) is 0 Å². The van der Waals surface area contributed by atoms with E-state index < -0.39 is 0 Å². The van der Waals surface area contributed by atoms with Crippen LogP contribution < -0.4 is 20.1 Å². The Labute approximate surface area is 203 Å². The highest BCUT2D eigenvalue weighted by molar-refractivity contribution is 6.09. The number of benzene rings is 4. The summed E-state index contributed by atoms with van der Waals surface area (Å²) < 4.78 is 17.6. The van der Waals surface area contributed by atoms with Crippen LogP contribution in [0.3, 0.4) is 0 Å². The second-order valence-electron chi connectivity index (χ2n) is 8.21. The van der Waals surface area contributed by atoms with Gasteiger partial charge in [-0.25, -0.2) is 0 Å². The van der Waals surface area contributed by atoms with Gasteiger partial charge in [0.05, 0.1) is 13.2 Å². The largest absolute Gasteiger partial charge is 0.483 e. The quantitative estimate of drug-likeness (QED) is 0.410. The van der Waals surface area contributed by atoms with Crippen molar-refractivity contribution in [3.8, 4) is 22.6 Å². The van der Waals surface area contributed by atoms with Crippen molar-refractivity contribution in [3.05, 3.63) is 72.8 Å².